The summed E-state index contributed by atoms with van der Waals surface area (Å²) in [4.78, 5) is 11.8. The second kappa shape index (κ2) is 9.43. The SMILES string of the molecule is COCCNc1nnc(SCC(=O)NCc2ccccc2F)s1. The molecule has 1 amide bonds. The molecule has 1 heterocycles. The minimum absolute atomic E-state index is 0.173. The molecule has 1 aromatic heterocycles. The third kappa shape index (κ3) is 6.12. The van der Waals surface area contributed by atoms with E-state index in [1.807, 2.05) is 0 Å². The number of amides is 1. The van der Waals surface area contributed by atoms with Crippen molar-refractivity contribution in [2.75, 3.05) is 31.3 Å². The summed E-state index contributed by atoms with van der Waals surface area (Å²) in [5.74, 6) is -0.292. The molecule has 0 saturated carbocycles. The van der Waals surface area contributed by atoms with Crippen molar-refractivity contribution >= 4 is 34.1 Å². The number of hydrogen-bond donors (Lipinski definition) is 2. The van der Waals surface area contributed by atoms with Crippen LogP contribution in [0.2, 0.25) is 0 Å². The van der Waals surface area contributed by atoms with Gasteiger partial charge < -0.3 is 15.4 Å². The van der Waals surface area contributed by atoms with E-state index in [9.17, 15) is 9.18 Å². The molecule has 0 aliphatic rings. The van der Waals surface area contributed by atoms with E-state index in [0.29, 0.717) is 28.2 Å². The predicted molar refractivity (Wildman–Crippen MR) is 89.2 cm³/mol. The number of aromatic nitrogens is 2. The molecule has 0 bridgehead atoms. The van der Waals surface area contributed by atoms with E-state index in [4.69, 9.17) is 4.74 Å². The van der Waals surface area contributed by atoms with Crippen LogP contribution >= 0.6 is 23.1 Å². The molecule has 0 aliphatic heterocycles. The first-order valence-electron chi connectivity index (χ1n) is 6.88. The Kier molecular flexibility index (Phi) is 7.24. The van der Waals surface area contributed by atoms with Gasteiger partial charge in [0.2, 0.25) is 11.0 Å². The zero-order chi connectivity index (χ0) is 16.5. The lowest BCUT2D eigenvalue weighted by Gasteiger charge is -2.05. The largest absolute Gasteiger partial charge is 0.383 e. The van der Waals surface area contributed by atoms with Gasteiger partial charge in [0, 0.05) is 25.8 Å². The fourth-order valence-electron chi connectivity index (χ4n) is 1.61. The zero-order valence-corrected chi connectivity index (χ0v) is 14.2. The summed E-state index contributed by atoms with van der Waals surface area (Å²) >= 11 is 2.67. The van der Waals surface area contributed by atoms with E-state index >= 15 is 0 Å². The average molecular weight is 356 g/mol. The smallest absolute Gasteiger partial charge is 0.230 e. The van der Waals surface area contributed by atoms with Gasteiger partial charge in [-0.25, -0.2) is 4.39 Å². The van der Waals surface area contributed by atoms with E-state index in [-0.39, 0.29) is 24.0 Å². The molecule has 2 rings (SSSR count). The number of hydrogen-bond acceptors (Lipinski definition) is 7. The molecule has 0 unspecified atom stereocenters. The van der Waals surface area contributed by atoms with Crippen LogP contribution in [0.5, 0.6) is 0 Å². The Hall–Kier alpha value is -1.71. The van der Waals surface area contributed by atoms with E-state index in [0.717, 1.165) is 0 Å². The van der Waals surface area contributed by atoms with E-state index in [2.05, 4.69) is 20.8 Å². The molecule has 2 N–H and O–H groups in total. The summed E-state index contributed by atoms with van der Waals surface area (Å²) in [5, 5.41) is 14.4. The molecule has 0 spiro atoms. The summed E-state index contributed by atoms with van der Waals surface area (Å²) in [6.07, 6.45) is 0. The Balaban J connectivity index is 1.71. The number of benzene rings is 1. The molecule has 0 atom stereocenters. The van der Waals surface area contributed by atoms with Crippen molar-refractivity contribution in [2.45, 2.75) is 10.9 Å². The lowest BCUT2D eigenvalue weighted by molar-refractivity contribution is -0.118. The van der Waals surface area contributed by atoms with Crippen molar-refractivity contribution < 1.29 is 13.9 Å². The molecule has 9 heteroatoms. The number of anilines is 1. The molecular weight excluding hydrogens is 339 g/mol. The molecule has 23 heavy (non-hydrogen) atoms. The zero-order valence-electron chi connectivity index (χ0n) is 12.5. The maximum absolute atomic E-state index is 13.4. The number of nitrogens with zero attached hydrogens (tertiary/aromatic N) is 2. The standard InChI is InChI=1S/C14H17FN4O2S2/c1-21-7-6-16-13-18-19-14(23-13)22-9-12(20)17-8-10-4-2-3-5-11(10)15/h2-5H,6-9H2,1H3,(H,16,18)(H,17,20). The second-order valence-electron chi connectivity index (χ2n) is 4.45. The van der Waals surface area contributed by atoms with Crippen LogP contribution in [0.25, 0.3) is 0 Å². The van der Waals surface area contributed by atoms with Gasteiger partial charge >= 0.3 is 0 Å². The van der Waals surface area contributed by atoms with Gasteiger partial charge in [0.15, 0.2) is 4.34 Å². The molecule has 124 valence electrons. The summed E-state index contributed by atoms with van der Waals surface area (Å²) in [7, 11) is 1.63. The van der Waals surface area contributed by atoms with Crippen LogP contribution < -0.4 is 10.6 Å². The van der Waals surface area contributed by atoms with E-state index in [1.165, 1.54) is 29.2 Å². The Morgan fingerprint density at radius 3 is 3.00 bits per heavy atom. The Labute approximate surface area is 141 Å². The molecule has 0 aliphatic carbocycles. The van der Waals surface area contributed by atoms with Gasteiger partial charge in [0.05, 0.1) is 12.4 Å². The number of carbonyl (C=O) groups is 1. The average Bonchev–Trinajstić information content (AvgIpc) is 3.00. The van der Waals surface area contributed by atoms with Gasteiger partial charge in [-0.1, -0.05) is 41.3 Å². The summed E-state index contributed by atoms with van der Waals surface area (Å²) in [6, 6.07) is 6.37. The van der Waals surface area contributed by atoms with Crippen LogP contribution in [-0.4, -0.2) is 42.1 Å². The highest BCUT2D eigenvalue weighted by Crippen LogP contribution is 2.25. The van der Waals surface area contributed by atoms with Crippen molar-refractivity contribution in [2.24, 2.45) is 0 Å². The number of nitrogens with one attached hydrogen (secondary N) is 2. The molecule has 1 aromatic carbocycles. The highest BCUT2D eigenvalue weighted by atomic mass is 32.2. The first-order valence-corrected chi connectivity index (χ1v) is 8.68. The van der Waals surface area contributed by atoms with Crippen LogP contribution in [0, 0.1) is 5.82 Å². The molecule has 0 fully saturated rings. The van der Waals surface area contributed by atoms with Gasteiger partial charge in [-0.3, -0.25) is 4.79 Å². The lowest BCUT2D eigenvalue weighted by atomic mass is 10.2. The highest BCUT2D eigenvalue weighted by Gasteiger charge is 2.09. The van der Waals surface area contributed by atoms with Crippen LogP contribution in [-0.2, 0) is 16.1 Å². The number of thioether (sulfide) groups is 1. The third-order valence-electron chi connectivity index (χ3n) is 2.75. The summed E-state index contributed by atoms with van der Waals surface area (Å²) in [5.41, 5.74) is 0.464. The molecule has 6 nitrogen and oxygen atoms in total. The van der Waals surface area contributed by atoms with Gasteiger partial charge in [0.1, 0.15) is 5.82 Å². The minimum atomic E-state index is -0.323. The molecular formula is C14H17FN4O2S2. The van der Waals surface area contributed by atoms with Crippen molar-refractivity contribution in [1.82, 2.24) is 15.5 Å². The number of methoxy groups -OCH3 is 1. The summed E-state index contributed by atoms with van der Waals surface area (Å²) < 4.78 is 19.1. The van der Waals surface area contributed by atoms with E-state index < -0.39 is 0 Å². The normalized spacial score (nSPS) is 10.5. The Morgan fingerprint density at radius 1 is 1.39 bits per heavy atom. The monoisotopic (exact) mass is 356 g/mol. The quantitative estimate of drug-likeness (QED) is 0.530. The minimum Gasteiger partial charge on any atom is -0.383 e. The van der Waals surface area contributed by atoms with Gasteiger partial charge in [-0.15, -0.1) is 10.2 Å². The maximum atomic E-state index is 13.4. The van der Waals surface area contributed by atoms with Crippen molar-refractivity contribution in [3.63, 3.8) is 0 Å². The summed E-state index contributed by atoms with van der Waals surface area (Å²) in [6.45, 7) is 1.41. The van der Waals surface area contributed by atoms with Crippen molar-refractivity contribution in [3.8, 4) is 0 Å². The second-order valence-corrected chi connectivity index (χ2v) is 6.65. The fraction of sp³-hybridized carbons (Fsp3) is 0.357. The van der Waals surface area contributed by atoms with Crippen molar-refractivity contribution in [1.29, 1.82) is 0 Å². The topological polar surface area (TPSA) is 76.1 Å². The Morgan fingerprint density at radius 2 is 2.22 bits per heavy atom. The van der Waals surface area contributed by atoms with Gasteiger partial charge in [-0.05, 0) is 6.07 Å². The van der Waals surface area contributed by atoms with Crippen LogP contribution in [0.4, 0.5) is 9.52 Å². The van der Waals surface area contributed by atoms with E-state index in [1.54, 1.807) is 25.3 Å². The van der Waals surface area contributed by atoms with Crippen LogP contribution in [0.3, 0.4) is 0 Å². The first-order chi connectivity index (χ1) is 11.2. The molecule has 2 aromatic rings. The molecule has 0 radical (unpaired) electrons. The molecule has 0 saturated heterocycles. The number of rotatable bonds is 9. The number of ether oxygens (including phenoxy) is 1. The van der Waals surface area contributed by atoms with Crippen molar-refractivity contribution in [3.05, 3.63) is 35.6 Å². The van der Waals surface area contributed by atoms with Gasteiger partial charge in [0.25, 0.3) is 0 Å². The Bertz CT molecular complexity index is 639. The number of halogens is 1. The number of carbonyl (C=O) groups excluding carboxylic acids is 1. The maximum Gasteiger partial charge on any atom is 0.230 e. The lowest BCUT2D eigenvalue weighted by Crippen LogP contribution is -2.24. The first kappa shape index (κ1) is 17.6. The van der Waals surface area contributed by atoms with Gasteiger partial charge in [-0.2, -0.15) is 0 Å². The van der Waals surface area contributed by atoms with Crippen LogP contribution in [0.1, 0.15) is 5.56 Å². The van der Waals surface area contributed by atoms with Crippen LogP contribution in [0.15, 0.2) is 28.6 Å². The third-order valence-corrected chi connectivity index (χ3v) is 4.76. The fourth-order valence-corrected chi connectivity index (χ4v) is 3.22. The predicted octanol–water partition coefficient (Wildman–Crippen LogP) is 2.14. The highest BCUT2D eigenvalue weighted by molar-refractivity contribution is 8.01.